The first-order valence-electron chi connectivity index (χ1n) is 4.29. The number of ether oxygens (including phenoxy) is 1. The zero-order valence-corrected chi connectivity index (χ0v) is 7.67. The third-order valence-electron chi connectivity index (χ3n) is 1.78. The summed E-state index contributed by atoms with van der Waals surface area (Å²) in [5.74, 6) is 0. The van der Waals surface area contributed by atoms with Crippen LogP contribution in [0.15, 0.2) is 24.5 Å². The van der Waals surface area contributed by atoms with E-state index >= 15 is 0 Å². The number of carbonyl (C=O) groups is 1. The van der Waals surface area contributed by atoms with Gasteiger partial charge in [0.05, 0.1) is 18.3 Å². The highest BCUT2D eigenvalue weighted by Crippen LogP contribution is 2.09. The van der Waals surface area contributed by atoms with Gasteiger partial charge in [0.15, 0.2) is 0 Å². The molecule has 14 heavy (non-hydrogen) atoms. The number of hydrogen-bond acceptors (Lipinski definition) is 4. The van der Waals surface area contributed by atoms with Crippen LogP contribution in [0.1, 0.15) is 6.92 Å². The van der Waals surface area contributed by atoms with Crippen LogP contribution in [0.25, 0.3) is 11.0 Å². The summed E-state index contributed by atoms with van der Waals surface area (Å²) in [5.41, 5.74) is 1.34. The first-order chi connectivity index (χ1) is 6.83. The van der Waals surface area contributed by atoms with Crippen molar-refractivity contribution < 1.29 is 9.53 Å². The molecule has 0 aromatic carbocycles. The highest BCUT2D eigenvalue weighted by molar-refractivity contribution is 5.84. The van der Waals surface area contributed by atoms with Crippen LogP contribution >= 0.6 is 0 Å². The van der Waals surface area contributed by atoms with E-state index in [0.717, 1.165) is 0 Å². The molecule has 0 fully saturated rings. The Kier molecular flexibility index (Phi) is 2.14. The lowest BCUT2D eigenvalue weighted by atomic mass is 10.4. The zero-order valence-electron chi connectivity index (χ0n) is 7.67. The largest absolute Gasteiger partial charge is 0.448 e. The smallest absolute Gasteiger partial charge is 0.435 e. The third kappa shape index (κ3) is 1.32. The van der Waals surface area contributed by atoms with Gasteiger partial charge in [-0.05, 0) is 19.1 Å². The van der Waals surface area contributed by atoms with Crippen LogP contribution in [-0.4, -0.2) is 27.5 Å². The molecule has 0 radical (unpaired) electrons. The molecule has 5 heteroatoms. The Labute approximate surface area is 80.3 Å². The second kappa shape index (κ2) is 3.45. The topological polar surface area (TPSA) is 57.0 Å². The number of pyridine rings is 1. The molecule has 5 nitrogen and oxygen atoms in total. The molecule has 72 valence electrons. The summed E-state index contributed by atoms with van der Waals surface area (Å²) < 4.78 is 6.03. The summed E-state index contributed by atoms with van der Waals surface area (Å²) in [5, 5.41) is 3.89. The summed E-state index contributed by atoms with van der Waals surface area (Å²) >= 11 is 0. The van der Waals surface area contributed by atoms with Gasteiger partial charge in [0.2, 0.25) is 0 Å². The number of hydrogen-bond donors (Lipinski definition) is 0. The van der Waals surface area contributed by atoms with Crippen LogP contribution in [0.2, 0.25) is 0 Å². The maximum absolute atomic E-state index is 11.4. The maximum atomic E-state index is 11.4. The van der Waals surface area contributed by atoms with Gasteiger partial charge in [0.1, 0.15) is 5.52 Å². The van der Waals surface area contributed by atoms with Gasteiger partial charge in [0.25, 0.3) is 0 Å². The van der Waals surface area contributed by atoms with Gasteiger partial charge in [-0.2, -0.15) is 9.78 Å². The van der Waals surface area contributed by atoms with Crippen molar-refractivity contribution in [2.75, 3.05) is 6.61 Å². The Balaban J connectivity index is 2.47. The SMILES string of the molecule is CCOC(=O)n1ncc2ncccc21. The molecule has 0 saturated carbocycles. The molecule has 0 aliphatic carbocycles. The standard InChI is InChI=1S/C9H9N3O2/c1-2-14-9(13)12-8-4-3-5-10-7(8)6-11-12/h3-6H,2H2,1H3. The highest BCUT2D eigenvalue weighted by atomic mass is 16.5. The lowest BCUT2D eigenvalue weighted by molar-refractivity contribution is 0.151. The fourth-order valence-electron chi connectivity index (χ4n) is 1.19. The fourth-order valence-corrected chi connectivity index (χ4v) is 1.19. The van der Waals surface area contributed by atoms with E-state index in [1.54, 1.807) is 25.3 Å². The minimum Gasteiger partial charge on any atom is -0.448 e. The van der Waals surface area contributed by atoms with E-state index in [-0.39, 0.29) is 0 Å². The summed E-state index contributed by atoms with van der Waals surface area (Å²) in [4.78, 5) is 15.4. The molecule has 2 aromatic rings. The van der Waals surface area contributed by atoms with Crippen LogP contribution in [0.3, 0.4) is 0 Å². The van der Waals surface area contributed by atoms with E-state index in [1.165, 1.54) is 10.9 Å². The molecular weight excluding hydrogens is 182 g/mol. The second-order valence-electron chi connectivity index (χ2n) is 2.66. The van der Waals surface area contributed by atoms with E-state index in [0.29, 0.717) is 17.6 Å². The molecular formula is C9H9N3O2. The molecule has 2 heterocycles. The molecule has 0 saturated heterocycles. The molecule has 0 atom stereocenters. The molecule has 0 N–H and O–H groups in total. The minimum atomic E-state index is -0.476. The Hall–Kier alpha value is -1.91. The Morgan fingerprint density at radius 3 is 3.29 bits per heavy atom. The summed E-state index contributed by atoms with van der Waals surface area (Å²) in [7, 11) is 0. The van der Waals surface area contributed by atoms with Crippen molar-refractivity contribution in [1.82, 2.24) is 14.8 Å². The van der Waals surface area contributed by atoms with Crippen LogP contribution in [0.4, 0.5) is 4.79 Å². The fraction of sp³-hybridized carbons (Fsp3) is 0.222. The highest BCUT2D eigenvalue weighted by Gasteiger charge is 2.10. The molecule has 0 amide bonds. The van der Waals surface area contributed by atoms with Gasteiger partial charge in [-0.25, -0.2) is 4.79 Å². The van der Waals surface area contributed by atoms with Crippen LogP contribution in [0.5, 0.6) is 0 Å². The van der Waals surface area contributed by atoms with E-state index < -0.39 is 6.09 Å². The van der Waals surface area contributed by atoms with Crippen molar-refractivity contribution in [3.05, 3.63) is 24.5 Å². The quantitative estimate of drug-likeness (QED) is 0.684. The van der Waals surface area contributed by atoms with Crippen molar-refractivity contribution in [3.63, 3.8) is 0 Å². The minimum absolute atomic E-state index is 0.334. The van der Waals surface area contributed by atoms with Crippen molar-refractivity contribution in [1.29, 1.82) is 0 Å². The molecule has 0 aliphatic heterocycles. The van der Waals surface area contributed by atoms with E-state index in [4.69, 9.17) is 4.74 Å². The Morgan fingerprint density at radius 1 is 1.64 bits per heavy atom. The van der Waals surface area contributed by atoms with Gasteiger partial charge >= 0.3 is 6.09 Å². The second-order valence-corrected chi connectivity index (χ2v) is 2.66. The predicted octanol–water partition coefficient (Wildman–Crippen LogP) is 1.44. The lowest BCUT2D eigenvalue weighted by Crippen LogP contribution is -2.14. The first kappa shape index (κ1) is 8.68. The van der Waals surface area contributed by atoms with E-state index in [9.17, 15) is 4.79 Å². The van der Waals surface area contributed by atoms with Crippen molar-refractivity contribution in [3.8, 4) is 0 Å². The monoisotopic (exact) mass is 191 g/mol. The van der Waals surface area contributed by atoms with E-state index in [2.05, 4.69) is 10.1 Å². The summed E-state index contributed by atoms with van der Waals surface area (Å²) in [6, 6.07) is 3.52. The van der Waals surface area contributed by atoms with Crippen LogP contribution in [0, 0.1) is 0 Å². The van der Waals surface area contributed by atoms with Gasteiger partial charge in [-0.15, -0.1) is 0 Å². The van der Waals surface area contributed by atoms with Crippen molar-refractivity contribution in [2.24, 2.45) is 0 Å². The Bertz CT molecular complexity index is 464. The molecule has 2 rings (SSSR count). The van der Waals surface area contributed by atoms with Crippen LogP contribution in [-0.2, 0) is 4.74 Å². The number of aromatic nitrogens is 3. The number of fused-ring (bicyclic) bond motifs is 1. The molecule has 0 aliphatic rings. The van der Waals surface area contributed by atoms with Crippen LogP contribution < -0.4 is 0 Å². The number of nitrogens with zero attached hydrogens (tertiary/aromatic N) is 3. The van der Waals surface area contributed by atoms with E-state index in [1.807, 2.05) is 0 Å². The maximum Gasteiger partial charge on any atom is 0.435 e. The third-order valence-corrected chi connectivity index (χ3v) is 1.78. The average molecular weight is 191 g/mol. The van der Waals surface area contributed by atoms with Crippen molar-refractivity contribution in [2.45, 2.75) is 6.92 Å². The van der Waals surface area contributed by atoms with Gasteiger partial charge < -0.3 is 4.74 Å². The van der Waals surface area contributed by atoms with Gasteiger partial charge in [-0.3, -0.25) is 4.98 Å². The molecule has 0 unspecified atom stereocenters. The number of rotatable bonds is 1. The average Bonchev–Trinajstić information content (AvgIpc) is 2.61. The lowest BCUT2D eigenvalue weighted by Gasteiger charge is -2.00. The zero-order chi connectivity index (χ0) is 9.97. The Morgan fingerprint density at radius 2 is 2.50 bits per heavy atom. The summed E-state index contributed by atoms with van der Waals surface area (Å²) in [6.45, 7) is 2.09. The van der Waals surface area contributed by atoms with Crippen molar-refractivity contribution >= 4 is 17.1 Å². The summed E-state index contributed by atoms with van der Waals surface area (Å²) in [6.07, 6.45) is 2.71. The van der Waals surface area contributed by atoms with Gasteiger partial charge in [0, 0.05) is 6.20 Å². The molecule has 2 aromatic heterocycles. The first-order valence-corrected chi connectivity index (χ1v) is 4.29. The van der Waals surface area contributed by atoms with Gasteiger partial charge in [-0.1, -0.05) is 0 Å². The number of carbonyl (C=O) groups excluding carboxylic acids is 1. The molecule has 0 spiro atoms. The normalized spacial score (nSPS) is 10.4. The molecule has 0 bridgehead atoms. The predicted molar refractivity (Wildman–Crippen MR) is 49.9 cm³/mol.